The van der Waals surface area contributed by atoms with Crippen LogP contribution in [0.4, 0.5) is 0 Å². The van der Waals surface area contributed by atoms with Crippen molar-refractivity contribution < 1.29 is 4.79 Å². The van der Waals surface area contributed by atoms with E-state index in [9.17, 15) is 4.79 Å². The highest BCUT2D eigenvalue weighted by atomic mass is 35.5. The maximum Gasteiger partial charge on any atom is 0.136 e. The molecule has 2 saturated heterocycles. The van der Waals surface area contributed by atoms with Crippen molar-refractivity contribution in [2.24, 2.45) is 0 Å². The minimum atomic E-state index is 0.355. The first-order chi connectivity index (χ1) is 4.77. The summed E-state index contributed by atoms with van der Waals surface area (Å²) in [6.45, 7) is 0. The van der Waals surface area contributed by atoms with Crippen molar-refractivity contribution in [3.05, 3.63) is 0 Å². The highest BCUT2D eigenvalue weighted by molar-refractivity contribution is 6.14. The highest BCUT2D eigenvalue weighted by Crippen LogP contribution is 2.34. The molecule has 0 spiro atoms. The molecule has 2 fully saturated rings. The fourth-order valence-electron chi connectivity index (χ4n) is 1.92. The van der Waals surface area contributed by atoms with Crippen molar-refractivity contribution in [3.63, 3.8) is 0 Å². The van der Waals surface area contributed by atoms with Gasteiger partial charge in [-0.25, -0.2) is 4.42 Å². The van der Waals surface area contributed by atoms with Gasteiger partial charge in [0.1, 0.15) is 5.78 Å². The second-order valence-corrected chi connectivity index (χ2v) is 3.57. The number of halogens is 1. The topological polar surface area (TPSA) is 20.3 Å². The number of carbonyl (C=O) groups is 1. The summed E-state index contributed by atoms with van der Waals surface area (Å²) in [6, 6.07) is 0.709. The summed E-state index contributed by atoms with van der Waals surface area (Å²) in [4.78, 5) is 11.0. The molecule has 2 rings (SSSR count). The van der Waals surface area contributed by atoms with Crippen molar-refractivity contribution in [1.82, 2.24) is 4.42 Å². The summed E-state index contributed by atoms with van der Waals surface area (Å²) >= 11 is 5.93. The van der Waals surface area contributed by atoms with Gasteiger partial charge in [-0.2, -0.15) is 0 Å². The Balaban J connectivity index is 2.16. The maximum atomic E-state index is 11.0. The first-order valence-electron chi connectivity index (χ1n) is 3.73. The number of ketones is 1. The molecule has 0 aromatic carbocycles. The Morgan fingerprint density at radius 3 is 2.30 bits per heavy atom. The molecular formula is C7H10ClNO. The van der Waals surface area contributed by atoms with Crippen LogP contribution in [0.3, 0.4) is 0 Å². The predicted octanol–water partition coefficient (Wildman–Crippen LogP) is 1.34. The van der Waals surface area contributed by atoms with Crippen molar-refractivity contribution in [2.75, 3.05) is 0 Å². The third-order valence-electron chi connectivity index (χ3n) is 2.46. The summed E-state index contributed by atoms with van der Waals surface area (Å²) in [6.07, 6.45) is 3.58. The van der Waals surface area contributed by atoms with Crippen LogP contribution in [0.15, 0.2) is 0 Å². The van der Waals surface area contributed by atoms with Crippen LogP contribution in [0.1, 0.15) is 25.7 Å². The molecule has 0 N–H and O–H groups in total. The first kappa shape index (κ1) is 6.62. The van der Waals surface area contributed by atoms with E-state index in [0.29, 0.717) is 30.7 Å². The van der Waals surface area contributed by atoms with Crippen LogP contribution in [0, 0.1) is 0 Å². The van der Waals surface area contributed by atoms with E-state index in [0.717, 1.165) is 12.8 Å². The number of nitrogens with zero attached hydrogens (tertiary/aromatic N) is 1. The Kier molecular flexibility index (Phi) is 1.46. The van der Waals surface area contributed by atoms with Gasteiger partial charge in [0.2, 0.25) is 0 Å². The van der Waals surface area contributed by atoms with E-state index in [1.54, 1.807) is 0 Å². The quantitative estimate of drug-likeness (QED) is 0.497. The minimum Gasteiger partial charge on any atom is -0.300 e. The molecule has 2 atom stereocenters. The van der Waals surface area contributed by atoms with E-state index >= 15 is 0 Å². The average molecular weight is 160 g/mol. The van der Waals surface area contributed by atoms with Gasteiger partial charge in [0, 0.05) is 24.9 Å². The molecule has 0 saturated carbocycles. The van der Waals surface area contributed by atoms with Crippen LogP contribution in [0.25, 0.3) is 0 Å². The van der Waals surface area contributed by atoms with Crippen molar-refractivity contribution in [1.29, 1.82) is 0 Å². The number of rotatable bonds is 0. The molecule has 0 aliphatic carbocycles. The molecule has 2 bridgehead atoms. The van der Waals surface area contributed by atoms with E-state index in [4.69, 9.17) is 11.8 Å². The summed E-state index contributed by atoms with van der Waals surface area (Å²) in [7, 11) is 0. The maximum absolute atomic E-state index is 11.0. The molecule has 0 aromatic rings. The molecule has 0 aromatic heterocycles. The van der Waals surface area contributed by atoms with E-state index in [-0.39, 0.29) is 0 Å². The van der Waals surface area contributed by atoms with Crippen LogP contribution in [0.5, 0.6) is 0 Å². The summed E-state index contributed by atoms with van der Waals surface area (Å²) < 4.78 is 1.85. The number of hydrogen-bond acceptors (Lipinski definition) is 2. The molecule has 56 valence electrons. The fourth-order valence-corrected chi connectivity index (χ4v) is 2.25. The molecular weight excluding hydrogens is 150 g/mol. The zero-order valence-electron chi connectivity index (χ0n) is 5.72. The highest BCUT2D eigenvalue weighted by Gasteiger charge is 2.39. The molecule has 2 aliphatic heterocycles. The second-order valence-electron chi connectivity index (χ2n) is 3.18. The molecule has 3 heteroatoms. The Morgan fingerprint density at radius 1 is 1.30 bits per heavy atom. The van der Waals surface area contributed by atoms with Crippen molar-refractivity contribution in [3.8, 4) is 0 Å². The van der Waals surface area contributed by atoms with Gasteiger partial charge in [0.15, 0.2) is 0 Å². The number of carbonyl (C=O) groups excluding carboxylic acids is 1. The number of piperidine rings is 1. The summed E-state index contributed by atoms with van der Waals surface area (Å²) in [5.41, 5.74) is 0. The zero-order valence-corrected chi connectivity index (χ0v) is 6.47. The molecule has 2 nitrogen and oxygen atoms in total. The lowest BCUT2D eigenvalue weighted by atomic mass is 10.0. The van der Waals surface area contributed by atoms with Gasteiger partial charge in [-0.05, 0) is 24.6 Å². The lowest BCUT2D eigenvalue weighted by molar-refractivity contribution is -0.122. The molecule has 0 amide bonds. The largest absolute Gasteiger partial charge is 0.300 e. The van der Waals surface area contributed by atoms with Crippen LogP contribution in [-0.4, -0.2) is 22.3 Å². The van der Waals surface area contributed by atoms with Gasteiger partial charge in [0.05, 0.1) is 0 Å². The Labute approximate surface area is 65.3 Å². The third kappa shape index (κ3) is 0.867. The molecule has 2 aliphatic rings. The zero-order chi connectivity index (χ0) is 7.14. The van der Waals surface area contributed by atoms with Gasteiger partial charge >= 0.3 is 0 Å². The van der Waals surface area contributed by atoms with Crippen LogP contribution < -0.4 is 0 Å². The van der Waals surface area contributed by atoms with Crippen LogP contribution in [0.2, 0.25) is 0 Å². The van der Waals surface area contributed by atoms with Crippen LogP contribution >= 0.6 is 11.8 Å². The van der Waals surface area contributed by atoms with E-state index in [2.05, 4.69) is 0 Å². The Hall–Kier alpha value is -0.0800. The smallest absolute Gasteiger partial charge is 0.136 e. The first-order valence-corrected chi connectivity index (χ1v) is 4.07. The molecule has 2 heterocycles. The summed E-state index contributed by atoms with van der Waals surface area (Å²) in [5.74, 6) is 0.393. The Morgan fingerprint density at radius 2 is 1.80 bits per heavy atom. The van der Waals surface area contributed by atoms with E-state index in [1.807, 2.05) is 4.42 Å². The molecule has 0 radical (unpaired) electrons. The Bertz CT molecular complexity index is 155. The van der Waals surface area contributed by atoms with Gasteiger partial charge < -0.3 is 0 Å². The normalized spacial score (nSPS) is 40.7. The standard InChI is InChI=1S/C7H10ClNO/c8-9-5-1-2-6(9)4-7(10)3-5/h5-6H,1-4H2. The molecule has 2 unspecified atom stereocenters. The van der Waals surface area contributed by atoms with Gasteiger partial charge in [-0.15, -0.1) is 0 Å². The fraction of sp³-hybridized carbons (Fsp3) is 0.857. The molecule has 10 heavy (non-hydrogen) atoms. The third-order valence-corrected chi connectivity index (χ3v) is 3.01. The van der Waals surface area contributed by atoms with Crippen LogP contribution in [-0.2, 0) is 4.79 Å². The summed E-state index contributed by atoms with van der Waals surface area (Å²) in [5, 5.41) is 0. The van der Waals surface area contributed by atoms with Crippen molar-refractivity contribution in [2.45, 2.75) is 37.8 Å². The van der Waals surface area contributed by atoms with E-state index in [1.165, 1.54) is 0 Å². The van der Waals surface area contributed by atoms with Crippen molar-refractivity contribution >= 4 is 17.6 Å². The monoisotopic (exact) mass is 159 g/mol. The van der Waals surface area contributed by atoms with E-state index < -0.39 is 0 Å². The van der Waals surface area contributed by atoms with Gasteiger partial charge in [-0.1, -0.05) is 0 Å². The minimum absolute atomic E-state index is 0.355. The lowest BCUT2D eigenvalue weighted by Crippen LogP contribution is -2.36. The van der Waals surface area contributed by atoms with Gasteiger partial charge in [0.25, 0.3) is 0 Å². The SMILES string of the molecule is O=C1CC2CCC(C1)N2Cl. The number of hydrogen-bond donors (Lipinski definition) is 0. The van der Waals surface area contributed by atoms with Gasteiger partial charge in [-0.3, -0.25) is 4.79 Å². The second kappa shape index (κ2) is 2.21. The lowest BCUT2D eigenvalue weighted by Gasteiger charge is -2.26. The number of fused-ring (bicyclic) bond motifs is 2. The number of Topliss-reactive ketones (excluding diaryl/α,β-unsaturated/α-hetero) is 1. The predicted molar refractivity (Wildman–Crippen MR) is 38.7 cm³/mol. The average Bonchev–Trinajstić information content (AvgIpc) is 2.20.